The van der Waals surface area contributed by atoms with Crippen molar-refractivity contribution in [2.75, 3.05) is 0 Å². The molecule has 0 unspecified atom stereocenters. The highest BCUT2D eigenvalue weighted by Gasteiger charge is 2.18. The molecule has 0 aliphatic heterocycles. The quantitative estimate of drug-likeness (QED) is 0.309. The largest absolute Gasteiger partial charge is 0.298 e. The van der Waals surface area contributed by atoms with E-state index in [1.165, 1.54) is 40.1 Å². The van der Waals surface area contributed by atoms with E-state index in [1.807, 2.05) is 42.8 Å². The minimum atomic E-state index is -0.177. The molecule has 186 valence electrons. The molecule has 3 heterocycles. The number of aryl methyl sites for hydroxylation is 6. The molecule has 0 radical (unpaired) electrons. The fraction of sp³-hybridized carbons (Fsp3) is 0.379. The molecule has 0 bridgehead atoms. The molecule has 0 spiro atoms. The van der Waals surface area contributed by atoms with E-state index >= 15 is 0 Å². The van der Waals surface area contributed by atoms with Crippen LogP contribution in [0.1, 0.15) is 52.3 Å². The Bertz CT molecular complexity index is 1380. The number of carbonyl (C=O) groups is 1. The molecule has 4 aromatic rings. The Labute approximate surface area is 215 Å². The normalized spacial score (nSPS) is 13.0. The van der Waals surface area contributed by atoms with Crippen LogP contribution in [0.3, 0.4) is 0 Å². The lowest BCUT2D eigenvalue weighted by atomic mass is 9.99. The number of Topliss-reactive ketones (excluding diaryl/α,β-unsaturated/α-hetero) is 1. The molecule has 1 aromatic carbocycles. The van der Waals surface area contributed by atoms with Crippen molar-refractivity contribution in [2.45, 2.75) is 64.3 Å². The smallest absolute Gasteiger partial charge is 0.273 e. The van der Waals surface area contributed by atoms with Crippen LogP contribution in [0.5, 0.6) is 0 Å². The van der Waals surface area contributed by atoms with Gasteiger partial charge in [0.25, 0.3) is 5.56 Å². The number of ketones is 1. The second-order valence-corrected chi connectivity index (χ2v) is 10.9. The lowest BCUT2D eigenvalue weighted by molar-refractivity contribution is -0.119. The zero-order valence-corrected chi connectivity index (χ0v) is 21.6. The fourth-order valence-corrected chi connectivity index (χ4v) is 6.20. The Kier molecular flexibility index (Phi) is 7.56. The van der Waals surface area contributed by atoms with Crippen molar-refractivity contribution in [3.63, 3.8) is 0 Å². The molecular weight excluding hydrogens is 468 g/mol. The van der Waals surface area contributed by atoms with Gasteiger partial charge in [-0.05, 0) is 68.6 Å². The van der Waals surface area contributed by atoms with Crippen molar-refractivity contribution in [1.29, 1.82) is 0 Å². The van der Waals surface area contributed by atoms with Crippen LogP contribution >= 0.6 is 11.3 Å². The molecule has 36 heavy (non-hydrogen) atoms. The minimum Gasteiger partial charge on any atom is -0.298 e. The van der Waals surface area contributed by atoms with Crippen LogP contribution in [0.25, 0.3) is 11.3 Å². The Morgan fingerprint density at radius 3 is 2.67 bits per heavy atom. The fourth-order valence-electron chi connectivity index (χ4n) is 4.94. The van der Waals surface area contributed by atoms with Gasteiger partial charge < -0.3 is 0 Å². The van der Waals surface area contributed by atoms with Gasteiger partial charge in [-0.25, -0.2) is 0 Å². The molecule has 0 N–H and O–H groups in total. The summed E-state index contributed by atoms with van der Waals surface area (Å²) in [6.07, 6.45) is 13.6. The Balaban J connectivity index is 1.31. The van der Waals surface area contributed by atoms with Crippen LogP contribution in [-0.2, 0) is 50.5 Å². The summed E-state index contributed by atoms with van der Waals surface area (Å²) >= 11 is 1.86. The molecule has 1 aliphatic carbocycles. The van der Waals surface area contributed by atoms with Crippen LogP contribution in [0, 0.1) is 0 Å². The van der Waals surface area contributed by atoms with Crippen LogP contribution in [0.4, 0.5) is 0 Å². The summed E-state index contributed by atoms with van der Waals surface area (Å²) in [5.74, 6) is 0.0649. The van der Waals surface area contributed by atoms with E-state index in [4.69, 9.17) is 0 Å². The van der Waals surface area contributed by atoms with E-state index in [9.17, 15) is 9.59 Å². The molecule has 0 saturated carbocycles. The number of fused-ring (bicyclic) bond motifs is 1. The number of rotatable bonds is 10. The first-order valence-corrected chi connectivity index (χ1v) is 13.6. The van der Waals surface area contributed by atoms with E-state index in [-0.39, 0.29) is 17.9 Å². The van der Waals surface area contributed by atoms with Gasteiger partial charge >= 0.3 is 0 Å². The van der Waals surface area contributed by atoms with Crippen molar-refractivity contribution >= 4 is 17.1 Å². The maximum absolute atomic E-state index is 13.5. The molecule has 1 aliphatic rings. The number of nitrogens with zero attached hydrogens (tertiary/aromatic N) is 4. The first kappa shape index (κ1) is 24.4. The lowest BCUT2D eigenvalue weighted by Gasteiger charge is -2.13. The molecule has 0 saturated heterocycles. The lowest BCUT2D eigenvalue weighted by Crippen LogP contribution is -2.29. The van der Waals surface area contributed by atoms with Crippen molar-refractivity contribution in [3.8, 4) is 11.3 Å². The number of benzene rings is 1. The molecule has 0 atom stereocenters. The molecule has 3 aromatic heterocycles. The van der Waals surface area contributed by atoms with E-state index in [0.717, 1.165) is 31.2 Å². The summed E-state index contributed by atoms with van der Waals surface area (Å²) in [6, 6.07) is 12.5. The predicted octanol–water partition coefficient (Wildman–Crippen LogP) is 4.96. The first-order chi connectivity index (χ1) is 17.6. The molecule has 0 fully saturated rings. The van der Waals surface area contributed by atoms with Gasteiger partial charge in [0, 0.05) is 35.0 Å². The number of aromatic nitrogens is 4. The summed E-state index contributed by atoms with van der Waals surface area (Å²) in [6.45, 7) is 0.0579. The van der Waals surface area contributed by atoms with E-state index < -0.39 is 0 Å². The van der Waals surface area contributed by atoms with Crippen LogP contribution in [0.2, 0.25) is 0 Å². The number of hydrogen-bond donors (Lipinski definition) is 0. The Hall–Kier alpha value is -3.32. The van der Waals surface area contributed by atoms with Crippen LogP contribution in [0.15, 0.2) is 59.8 Å². The second-order valence-electron chi connectivity index (χ2n) is 9.63. The molecular formula is C29H32N4O2S. The van der Waals surface area contributed by atoms with E-state index in [1.54, 1.807) is 21.6 Å². The van der Waals surface area contributed by atoms with Gasteiger partial charge in [0.05, 0.1) is 24.6 Å². The molecule has 6 nitrogen and oxygen atoms in total. The van der Waals surface area contributed by atoms with E-state index in [0.29, 0.717) is 24.2 Å². The van der Waals surface area contributed by atoms with Crippen molar-refractivity contribution in [2.24, 2.45) is 7.05 Å². The summed E-state index contributed by atoms with van der Waals surface area (Å²) in [5, 5.41) is 4.25. The monoisotopic (exact) mass is 500 g/mol. The zero-order valence-electron chi connectivity index (χ0n) is 20.8. The third-order valence-electron chi connectivity index (χ3n) is 6.88. The standard InChI is InChI=1S/C29H32N4O2S/c1-32-19-23(17-31-32)27-18-30-26(12-7-10-21-8-3-2-4-9-21)29(35)33(27)20-24(34)14-15-25-16-22-11-5-6-13-28(22)36-25/h2-4,8-9,16-19H,5-7,10-15,20H2,1H3. The summed E-state index contributed by atoms with van der Waals surface area (Å²) < 4.78 is 3.29. The minimum absolute atomic E-state index is 0.0579. The average Bonchev–Trinajstić information content (AvgIpc) is 3.51. The highest BCUT2D eigenvalue weighted by Crippen LogP contribution is 2.30. The summed E-state index contributed by atoms with van der Waals surface area (Å²) in [5.41, 5.74) is 4.48. The van der Waals surface area contributed by atoms with Gasteiger partial charge in [-0.2, -0.15) is 5.10 Å². The zero-order chi connectivity index (χ0) is 24.9. The van der Waals surface area contributed by atoms with Gasteiger partial charge in [-0.1, -0.05) is 30.3 Å². The maximum atomic E-state index is 13.5. The van der Waals surface area contributed by atoms with Crippen molar-refractivity contribution in [1.82, 2.24) is 19.3 Å². The van der Waals surface area contributed by atoms with Gasteiger partial charge in [-0.3, -0.25) is 23.8 Å². The molecule has 0 amide bonds. The Morgan fingerprint density at radius 1 is 1.06 bits per heavy atom. The average molecular weight is 501 g/mol. The van der Waals surface area contributed by atoms with Crippen LogP contribution in [-0.4, -0.2) is 25.1 Å². The van der Waals surface area contributed by atoms with Crippen molar-refractivity contribution < 1.29 is 4.79 Å². The number of hydrogen-bond acceptors (Lipinski definition) is 5. The first-order valence-electron chi connectivity index (χ1n) is 12.8. The number of thiophene rings is 1. The van der Waals surface area contributed by atoms with Gasteiger partial charge in [0.15, 0.2) is 5.78 Å². The number of carbonyl (C=O) groups excluding carboxylic acids is 1. The summed E-state index contributed by atoms with van der Waals surface area (Å²) in [4.78, 5) is 33.9. The molecule has 5 rings (SSSR count). The third kappa shape index (κ3) is 5.73. The SMILES string of the molecule is Cn1cc(-c2cnc(CCCc3ccccc3)c(=O)n2CC(=O)CCc2cc3c(s2)CCCC3)cn1. The van der Waals surface area contributed by atoms with Gasteiger partial charge in [0.1, 0.15) is 5.69 Å². The Morgan fingerprint density at radius 2 is 1.89 bits per heavy atom. The van der Waals surface area contributed by atoms with Gasteiger partial charge in [-0.15, -0.1) is 11.3 Å². The maximum Gasteiger partial charge on any atom is 0.273 e. The molecule has 7 heteroatoms. The second kappa shape index (κ2) is 11.2. The van der Waals surface area contributed by atoms with E-state index in [2.05, 4.69) is 28.3 Å². The van der Waals surface area contributed by atoms with Crippen molar-refractivity contribution in [3.05, 3.63) is 91.9 Å². The van der Waals surface area contributed by atoms with Crippen LogP contribution < -0.4 is 5.56 Å². The van der Waals surface area contributed by atoms with Gasteiger partial charge in [0.2, 0.25) is 0 Å². The third-order valence-corrected chi connectivity index (χ3v) is 8.18. The predicted molar refractivity (Wildman–Crippen MR) is 143 cm³/mol. The highest BCUT2D eigenvalue weighted by atomic mass is 32.1. The highest BCUT2D eigenvalue weighted by molar-refractivity contribution is 7.12. The summed E-state index contributed by atoms with van der Waals surface area (Å²) in [7, 11) is 1.84. The topological polar surface area (TPSA) is 69.8 Å².